The first-order chi connectivity index (χ1) is 11.6. The van der Waals surface area contributed by atoms with E-state index in [0.29, 0.717) is 12.3 Å². The van der Waals surface area contributed by atoms with Gasteiger partial charge in [0, 0.05) is 24.2 Å². The Kier molecular flexibility index (Phi) is 28.5. The van der Waals surface area contributed by atoms with Crippen molar-refractivity contribution in [3.05, 3.63) is 0 Å². The molecular formula is C19H33NNa2O4. The van der Waals surface area contributed by atoms with Gasteiger partial charge in [0.05, 0.1) is 0 Å². The number of hydrogen-bond acceptors (Lipinski definition) is 5. The molecule has 0 aliphatic rings. The predicted molar refractivity (Wildman–Crippen MR) is 92.6 cm³/mol. The first-order valence-electron chi connectivity index (χ1n) is 9.48. The van der Waals surface area contributed by atoms with E-state index in [1.54, 1.807) is 0 Å². The molecule has 0 spiro atoms. The summed E-state index contributed by atoms with van der Waals surface area (Å²) in [6.45, 7) is 2.87. The SMILES string of the molecule is CCCCCCCCCCCCN=C(CCC(=O)[O-])CCC(=O)[O-].[Na+].[Na+]. The van der Waals surface area contributed by atoms with E-state index in [9.17, 15) is 19.8 Å². The van der Waals surface area contributed by atoms with E-state index in [-0.39, 0.29) is 84.8 Å². The van der Waals surface area contributed by atoms with Crippen molar-refractivity contribution in [3.8, 4) is 0 Å². The van der Waals surface area contributed by atoms with Crippen molar-refractivity contribution in [2.45, 2.75) is 96.8 Å². The molecule has 0 heterocycles. The Morgan fingerprint density at radius 1 is 0.654 bits per heavy atom. The summed E-state index contributed by atoms with van der Waals surface area (Å²) in [5.74, 6) is -2.26. The van der Waals surface area contributed by atoms with Crippen molar-refractivity contribution in [3.63, 3.8) is 0 Å². The number of aliphatic carboxylic acids is 2. The van der Waals surface area contributed by atoms with Gasteiger partial charge >= 0.3 is 59.1 Å². The summed E-state index contributed by atoms with van der Waals surface area (Å²) in [6, 6.07) is 0. The van der Waals surface area contributed by atoms with Crippen LogP contribution in [-0.4, -0.2) is 24.2 Å². The molecule has 140 valence electrons. The second-order valence-electron chi connectivity index (χ2n) is 6.37. The third-order valence-electron chi connectivity index (χ3n) is 4.08. The molecule has 7 heteroatoms. The van der Waals surface area contributed by atoms with Crippen LogP contribution in [0.5, 0.6) is 0 Å². The Morgan fingerprint density at radius 3 is 1.42 bits per heavy atom. The van der Waals surface area contributed by atoms with Crippen LogP contribution in [0.25, 0.3) is 0 Å². The van der Waals surface area contributed by atoms with Crippen molar-refractivity contribution in [1.29, 1.82) is 0 Å². The summed E-state index contributed by atoms with van der Waals surface area (Å²) in [6.07, 6.45) is 12.8. The van der Waals surface area contributed by atoms with Gasteiger partial charge < -0.3 is 19.8 Å². The number of unbranched alkanes of at least 4 members (excludes halogenated alkanes) is 9. The van der Waals surface area contributed by atoms with E-state index in [2.05, 4.69) is 11.9 Å². The molecule has 0 N–H and O–H groups in total. The van der Waals surface area contributed by atoms with E-state index >= 15 is 0 Å². The molecule has 0 radical (unpaired) electrons. The molecule has 0 aromatic heterocycles. The molecule has 0 bridgehead atoms. The molecule has 0 rings (SSSR count). The minimum Gasteiger partial charge on any atom is -0.550 e. The quantitative estimate of drug-likeness (QED) is 0.147. The van der Waals surface area contributed by atoms with Gasteiger partial charge in [0.15, 0.2) is 0 Å². The first-order valence-corrected chi connectivity index (χ1v) is 9.48. The molecule has 0 aliphatic carbocycles. The molecule has 0 unspecified atom stereocenters. The van der Waals surface area contributed by atoms with Gasteiger partial charge in [-0.25, -0.2) is 0 Å². The van der Waals surface area contributed by atoms with Gasteiger partial charge in [0.1, 0.15) is 0 Å². The normalized spacial score (nSPS) is 9.73. The minimum absolute atomic E-state index is 0. The van der Waals surface area contributed by atoms with Crippen LogP contribution in [0.3, 0.4) is 0 Å². The molecule has 0 fully saturated rings. The zero-order chi connectivity index (χ0) is 18.0. The molecular weight excluding hydrogens is 352 g/mol. The fourth-order valence-corrected chi connectivity index (χ4v) is 2.61. The molecule has 0 aliphatic heterocycles. The Labute approximate surface area is 203 Å². The van der Waals surface area contributed by atoms with Gasteiger partial charge in [-0.3, -0.25) is 4.99 Å². The van der Waals surface area contributed by atoms with Crippen LogP contribution >= 0.6 is 0 Å². The van der Waals surface area contributed by atoms with Crippen LogP contribution in [0.15, 0.2) is 4.99 Å². The maximum atomic E-state index is 10.5. The zero-order valence-electron chi connectivity index (χ0n) is 17.2. The number of aliphatic imine (C=N–C) groups is 1. The van der Waals surface area contributed by atoms with Crippen molar-refractivity contribution in [1.82, 2.24) is 0 Å². The van der Waals surface area contributed by atoms with Gasteiger partial charge in [0.2, 0.25) is 0 Å². The average Bonchev–Trinajstić information content (AvgIpc) is 2.54. The van der Waals surface area contributed by atoms with E-state index in [1.807, 2.05) is 0 Å². The largest absolute Gasteiger partial charge is 1.00 e. The zero-order valence-corrected chi connectivity index (χ0v) is 21.2. The standard InChI is InChI=1S/C19H35NO4.2Na/c1-2-3-4-5-6-7-8-9-10-11-16-20-17(12-14-18(21)22)13-15-19(23)24;;/h2-16H2,1H3,(H,21,22)(H,23,24);;/q;2*+1/p-2. The van der Waals surface area contributed by atoms with Crippen LogP contribution in [-0.2, 0) is 9.59 Å². The molecule has 0 saturated heterocycles. The molecule has 0 aromatic rings. The Bertz CT molecular complexity index is 357. The van der Waals surface area contributed by atoms with Gasteiger partial charge in [-0.1, -0.05) is 64.7 Å². The fraction of sp³-hybridized carbons (Fsp3) is 0.842. The molecule has 26 heavy (non-hydrogen) atoms. The molecule has 5 nitrogen and oxygen atoms in total. The van der Waals surface area contributed by atoms with Crippen LogP contribution in [0.4, 0.5) is 0 Å². The van der Waals surface area contributed by atoms with Crippen LogP contribution < -0.4 is 69.3 Å². The maximum absolute atomic E-state index is 10.5. The summed E-state index contributed by atoms with van der Waals surface area (Å²) in [4.78, 5) is 25.4. The third-order valence-corrected chi connectivity index (χ3v) is 4.08. The maximum Gasteiger partial charge on any atom is 1.00 e. The number of nitrogens with zero attached hydrogens (tertiary/aromatic N) is 1. The third kappa shape index (κ3) is 24.6. The number of carbonyl (C=O) groups excluding carboxylic acids is 2. The minimum atomic E-state index is -1.13. The topological polar surface area (TPSA) is 92.6 Å². The number of carbonyl (C=O) groups is 2. The van der Waals surface area contributed by atoms with Crippen molar-refractivity contribution >= 4 is 17.7 Å². The smallest absolute Gasteiger partial charge is 0.550 e. The number of hydrogen-bond donors (Lipinski definition) is 0. The first kappa shape index (κ1) is 31.3. The van der Waals surface area contributed by atoms with Crippen molar-refractivity contribution in [2.24, 2.45) is 4.99 Å². The summed E-state index contributed by atoms with van der Waals surface area (Å²) < 4.78 is 0. The summed E-state index contributed by atoms with van der Waals surface area (Å²) in [5.41, 5.74) is 0.652. The van der Waals surface area contributed by atoms with Crippen LogP contribution in [0.2, 0.25) is 0 Å². The van der Waals surface area contributed by atoms with Crippen molar-refractivity contribution < 1.29 is 78.9 Å². The predicted octanol–water partition coefficient (Wildman–Crippen LogP) is -3.58. The fourth-order valence-electron chi connectivity index (χ4n) is 2.61. The van der Waals surface area contributed by atoms with E-state index in [0.717, 1.165) is 12.8 Å². The second-order valence-corrected chi connectivity index (χ2v) is 6.37. The second kappa shape index (κ2) is 23.6. The summed E-state index contributed by atoms with van der Waals surface area (Å²) >= 11 is 0. The molecule has 0 saturated carbocycles. The summed E-state index contributed by atoms with van der Waals surface area (Å²) in [7, 11) is 0. The van der Waals surface area contributed by atoms with Gasteiger partial charge in [-0.15, -0.1) is 0 Å². The van der Waals surface area contributed by atoms with Gasteiger partial charge in [-0.05, 0) is 32.1 Å². The van der Waals surface area contributed by atoms with E-state index in [1.165, 1.54) is 51.4 Å². The van der Waals surface area contributed by atoms with Crippen LogP contribution in [0.1, 0.15) is 96.8 Å². The van der Waals surface area contributed by atoms with E-state index in [4.69, 9.17) is 0 Å². The number of carboxylic acid groups (broad SMARTS) is 2. The Morgan fingerprint density at radius 2 is 1.04 bits per heavy atom. The molecule has 0 amide bonds. The van der Waals surface area contributed by atoms with E-state index < -0.39 is 11.9 Å². The molecule has 0 atom stereocenters. The number of carboxylic acids is 2. The Hall–Kier alpha value is 0.610. The van der Waals surface area contributed by atoms with Gasteiger partial charge in [0.25, 0.3) is 0 Å². The number of rotatable bonds is 17. The molecule has 0 aromatic carbocycles. The van der Waals surface area contributed by atoms with Crippen LogP contribution in [0, 0.1) is 0 Å². The monoisotopic (exact) mass is 385 g/mol. The Balaban J connectivity index is -0.00000264. The summed E-state index contributed by atoms with van der Waals surface area (Å²) in [5, 5.41) is 21.0. The van der Waals surface area contributed by atoms with Crippen molar-refractivity contribution in [2.75, 3.05) is 6.54 Å². The average molecular weight is 385 g/mol. The van der Waals surface area contributed by atoms with Gasteiger partial charge in [-0.2, -0.15) is 0 Å².